The van der Waals surface area contributed by atoms with Gasteiger partial charge in [-0.05, 0) is 69.1 Å². The van der Waals surface area contributed by atoms with E-state index in [1.807, 2.05) is 0 Å². The SMILES string of the molecule is CCCCC(C)NC1C2CC3CC(C2)CC1C3. The normalized spacial score (nSPS) is 45.2. The summed E-state index contributed by atoms with van der Waals surface area (Å²) in [6.07, 6.45) is 11.9. The zero-order valence-electron chi connectivity index (χ0n) is 11.6. The minimum Gasteiger partial charge on any atom is -0.311 e. The Kier molecular flexibility index (Phi) is 3.47. The van der Waals surface area contributed by atoms with Crippen molar-refractivity contribution < 1.29 is 0 Å². The van der Waals surface area contributed by atoms with Gasteiger partial charge in [-0.25, -0.2) is 0 Å². The number of hydrogen-bond acceptors (Lipinski definition) is 1. The zero-order chi connectivity index (χ0) is 11.8. The molecular weight excluding hydrogens is 206 g/mol. The maximum Gasteiger partial charge on any atom is 0.0126 e. The monoisotopic (exact) mass is 235 g/mol. The molecule has 4 rings (SSSR count). The van der Waals surface area contributed by atoms with Crippen LogP contribution in [0.5, 0.6) is 0 Å². The fraction of sp³-hybridized carbons (Fsp3) is 1.00. The zero-order valence-corrected chi connectivity index (χ0v) is 11.6. The number of unbranched alkanes of at least 4 members (excludes halogenated alkanes) is 1. The summed E-state index contributed by atoms with van der Waals surface area (Å²) >= 11 is 0. The lowest BCUT2D eigenvalue weighted by molar-refractivity contribution is -0.0173. The molecule has 0 saturated heterocycles. The van der Waals surface area contributed by atoms with Crippen LogP contribution >= 0.6 is 0 Å². The molecule has 0 spiro atoms. The average molecular weight is 235 g/mol. The molecule has 1 heteroatoms. The molecule has 4 aliphatic rings. The van der Waals surface area contributed by atoms with E-state index in [4.69, 9.17) is 0 Å². The van der Waals surface area contributed by atoms with E-state index < -0.39 is 0 Å². The Balaban J connectivity index is 1.57. The Hall–Kier alpha value is -0.0400. The Bertz CT molecular complexity index is 232. The molecule has 4 aliphatic carbocycles. The topological polar surface area (TPSA) is 12.0 Å². The summed E-state index contributed by atoms with van der Waals surface area (Å²) < 4.78 is 0. The van der Waals surface area contributed by atoms with Crippen molar-refractivity contribution in [3.05, 3.63) is 0 Å². The smallest absolute Gasteiger partial charge is 0.0126 e. The molecule has 0 amide bonds. The number of hydrogen-bond donors (Lipinski definition) is 1. The molecule has 17 heavy (non-hydrogen) atoms. The molecule has 4 fully saturated rings. The fourth-order valence-corrected chi connectivity index (χ4v) is 5.12. The first-order chi connectivity index (χ1) is 8.26. The highest BCUT2D eigenvalue weighted by Gasteiger charge is 2.48. The van der Waals surface area contributed by atoms with Gasteiger partial charge in [0.25, 0.3) is 0 Å². The molecule has 0 radical (unpaired) electrons. The lowest BCUT2D eigenvalue weighted by atomic mass is 9.54. The lowest BCUT2D eigenvalue weighted by Gasteiger charge is -2.55. The van der Waals surface area contributed by atoms with E-state index >= 15 is 0 Å². The predicted octanol–water partition coefficient (Wildman–Crippen LogP) is 3.98. The molecule has 0 aromatic rings. The van der Waals surface area contributed by atoms with Gasteiger partial charge in [0.05, 0.1) is 0 Å². The first-order valence-electron chi connectivity index (χ1n) is 8.02. The Morgan fingerprint density at radius 2 is 1.59 bits per heavy atom. The second-order valence-corrected chi connectivity index (χ2v) is 7.17. The molecule has 1 atom stereocenters. The van der Waals surface area contributed by atoms with Gasteiger partial charge in [-0.3, -0.25) is 0 Å². The van der Waals surface area contributed by atoms with Crippen LogP contribution in [0.15, 0.2) is 0 Å². The van der Waals surface area contributed by atoms with Crippen LogP contribution in [0, 0.1) is 23.7 Å². The van der Waals surface area contributed by atoms with E-state index in [0.29, 0.717) is 0 Å². The lowest BCUT2D eigenvalue weighted by Crippen LogP contribution is -2.56. The van der Waals surface area contributed by atoms with E-state index in [-0.39, 0.29) is 0 Å². The van der Waals surface area contributed by atoms with E-state index in [1.165, 1.54) is 19.3 Å². The van der Waals surface area contributed by atoms with Crippen LogP contribution < -0.4 is 5.32 Å². The van der Waals surface area contributed by atoms with E-state index in [2.05, 4.69) is 19.2 Å². The van der Waals surface area contributed by atoms with Crippen molar-refractivity contribution >= 4 is 0 Å². The van der Waals surface area contributed by atoms with Gasteiger partial charge in [0.2, 0.25) is 0 Å². The van der Waals surface area contributed by atoms with Gasteiger partial charge < -0.3 is 5.32 Å². The van der Waals surface area contributed by atoms with E-state index in [9.17, 15) is 0 Å². The van der Waals surface area contributed by atoms with Crippen LogP contribution in [0.3, 0.4) is 0 Å². The largest absolute Gasteiger partial charge is 0.311 e. The van der Waals surface area contributed by atoms with Crippen molar-refractivity contribution in [2.75, 3.05) is 0 Å². The summed E-state index contributed by atoms with van der Waals surface area (Å²) in [5.41, 5.74) is 0. The van der Waals surface area contributed by atoms with E-state index in [1.54, 1.807) is 32.1 Å². The first-order valence-corrected chi connectivity index (χ1v) is 8.02. The van der Waals surface area contributed by atoms with Gasteiger partial charge in [0.15, 0.2) is 0 Å². The molecule has 0 aliphatic heterocycles. The summed E-state index contributed by atoms with van der Waals surface area (Å²) in [5, 5.41) is 4.00. The molecule has 98 valence electrons. The maximum absolute atomic E-state index is 4.00. The summed E-state index contributed by atoms with van der Waals surface area (Å²) in [4.78, 5) is 0. The second kappa shape index (κ2) is 4.91. The van der Waals surface area contributed by atoms with Gasteiger partial charge >= 0.3 is 0 Å². The molecule has 4 bridgehead atoms. The Labute approximate surface area is 107 Å². The van der Waals surface area contributed by atoms with Crippen molar-refractivity contribution in [3.8, 4) is 0 Å². The molecule has 0 aromatic heterocycles. The van der Waals surface area contributed by atoms with Crippen LogP contribution in [0.4, 0.5) is 0 Å². The molecule has 1 N–H and O–H groups in total. The molecule has 0 heterocycles. The van der Waals surface area contributed by atoms with Crippen molar-refractivity contribution in [1.82, 2.24) is 5.32 Å². The molecule has 4 saturated carbocycles. The third-order valence-electron chi connectivity index (χ3n) is 5.69. The van der Waals surface area contributed by atoms with Crippen LogP contribution in [0.25, 0.3) is 0 Å². The van der Waals surface area contributed by atoms with Crippen molar-refractivity contribution in [2.45, 2.75) is 77.3 Å². The van der Waals surface area contributed by atoms with Gasteiger partial charge in [-0.1, -0.05) is 19.8 Å². The quantitative estimate of drug-likeness (QED) is 0.760. The van der Waals surface area contributed by atoms with Crippen molar-refractivity contribution in [3.63, 3.8) is 0 Å². The molecule has 1 nitrogen and oxygen atoms in total. The van der Waals surface area contributed by atoms with E-state index in [0.717, 1.165) is 35.8 Å². The van der Waals surface area contributed by atoms with Crippen molar-refractivity contribution in [1.29, 1.82) is 0 Å². The summed E-state index contributed by atoms with van der Waals surface area (Å²) in [6.45, 7) is 4.70. The van der Waals surface area contributed by atoms with Crippen LogP contribution in [0.1, 0.15) is 65.2 Å². The summed E-state index contributed by atoms with van der Waals surface area (Å²) in [6, 6.07) is 1.63. The Morgan fingerprint density at radius 3 is 2.12 bits per heavy atom. The predicted molar refractivity (Wildman–Crippen MR) is 73.0 cm³/mol. The van der Waals surface area contributed by atoms with Gasteiger partial charge in [0, 0.05) is 12.1 Å². The molecule has 1 unspecified atom stereocenters. The Morgan fingerprint density at radius 1 is 1.00 bits per heavy atom. The third-order valence-corrected chi connectivity index (χ3v) is 5.69. The van der Waals surface area contributed by atoms with Crippen LogP contribution in [-0.4, -0.2) is 12.1 Å². The van der Waals surface area contributed by atoms with Gasteiger partial charge in [0.1, 0.15) is 0 Å². The minimum atomic E-state index is 0.748. The minimum absolute atomic E-state index is 0.748. The number of nitrogens with one attached hydrogen (secondary N) is 1. The highest BCUT2D eigenvalue weighted by atomic mass is 15.0. The highest BCUT2D eigenvalue weighted by molar-refractivity contribution is 5.01. The van der Waals surface area contributed by atoms with Gasteiger partial charge in [-0.2, -0.15) is 0 Å². The second-order valence-electron chi connectivity index (χ2n) is 7.17. The molecule has 0 aromatic carbocycles. The van der Waals surface area contributed by atoms with Crippen LogP contribution in [0.2, 0.25) is 0 Å². The maximum atomic E-state index is 4.00. The fourth-order valence-electron chi connectivity index (χ4n) is 5.12. The average Bonchev–Trinajstić information content (AvgIpc) is 2.30. The summed E-state index contributed by atoms with van der Waals surface area (Å²) in [5.74, 6) is 4.30. The van der Waals surface area contributed by atoms with Crippen LogP contribution in [-0.2, 0) is 0 Å². The summed E-state index contributed by atoms with van der Waals surface area (Å²) in [7, 11) is 0. The van der Waals surface area contributed by atoms with Gasteiger partial charge in [-0.15, -0.1) is 0 Å². The highest BCUT2D eigenvalue weighted by Crippen LogP contribution is 2.53. The number of rotatable bonds is 5. The standard InChI is InChI=1S/C16H29N/c1-3-4-5-11(2)17-16-14-7-12-6-13(9-14)10-15(16)8-12/h11-17H,3-10H2,1-2H3. The molecular formula is C16H29N. The van der Waals surface area contributed by atoms with Crippen molar-refractivity contribution in [2.24, 2.45) is 23.7 Å². The first kappa shape index (κ1) is 12.0. The third kappa shape index (κ3) is 2.41.